The van der Waals surface area contributed by atoms with Gasteiger partial charge in [0.1, 0.15) is 18.1 Å². The van der Waals surface area contributed by atoms with Crippen LogP contribution in [0.25, 0.3) is 6.08 Å². The van der Waals surface area contributed by atoms with Gasteiger partial charge in [-0.3, -0.25) is 9.48 Å². The minimum Gasteiger partial charge on any atom is -0.490 e. The number of ether oxygens (including phenoxy) is 3. The zero-order valence-corrected chi connectivity index (χ0v) is 18.4. The maximum atomic E-state index is 12.4. The average Bonchev–Trinajstić information content (AvgIpc) is 3.11. The van der Waals surface area contributed by atoms with Crippen LogP contribution in [-0.2, 0) is 13.7 Å². The quantitative estimate of drug-likeness (QED) is 0.341. The molecule has 0 fully saturated rings. The number of hydrogen-bond acceptors (Lipinski definition) is 5. The van der Waals surface area contributed by atoms with Crippen molar-refractivity contribution in [2.24, 2.45) is 7.05 Å². The Morgan fingerprint density at radius 3 is 2.48 bits per heavy atom. The number of carbonyl (C=O) groups excluding carboxylic acids is 1. The number of aromatic nitrogens is 2. The summed E-state index contributed by atoms with van der Waals surface area (Å²) in [6.45, 7) is 7.29. The van der Waals surface area contributed by atoms with Gasteiger partial charge in [0.25, 0.3) is 0 Å². The minimum atomic E-state index is -0.0905. The summed E-state index contributed by atoms with van der Waals surface area (Å²) in [5, 5.41) is 4.21. The lowest BCUT2D eigenvalue weighted by Gasteiger charge is -2.13. The first kappa shape index (κ1) is 22.2. The zero-order valence-electron chi connectivity index (χ0n) is 18.4. The molecule has 162 valence electrons. The summed E-state index contributed by atoms with van der Waals surface area (Å²) >= 11 is 0. The second kappa shape index (κ2) is 10.5. The molecule has 6 heteroatoms. The Bertz CT molecular complexity index is 1070. The van der Waals surface area contributed by atoms with E-state index < -0.39 is 0 Å². The van der Waals surface area contributed by atoms with Crippen LogP contribution in [0.4, 0.5) is 0 Å². The molecule has 0 saturated carbocycles. The van der Waals surface area contributed by atoms with Gasteiger partial charge in [-0.15, -0.1) is 0 Å². The average molecular weight is 421 g/mol. The zero-order chi connectivity index (χ0) is 22.2. The second-order valence-electron chi connectivity index (χ2n) is 7.00. The van der Waals surface area contributed by atoms with E-state index in [0.29, 0.717) is 31.3 Å². The van der Waals surface area contributed by atoms with Crippen LogP contribution in [0.1, 0.15) is 41.2 Å². The summed E-state index contributed by atoms with van der Waals surface area (Å²) in [4.78, 5) is 12.4. The van der Waals surface area contributed by atoms with Gasteiger partial charge in [0.2, 0.25) is 5.78 Å². The smallest absolute Gasteiger partial charge is 0.203 e. The predicted molar refractivity (Wildman–Crippen MR) is 121 cm³/mol. The third-order valence-electron chi connectivity index (χ3n) is 4.55. The van der Waals surface area contributed by atoms with Crippen LogP contribution < -0.4 is 14.2 Å². The lowest BCUT2D eigenvalue weighted by Crippen LogP contribution is -2.03. The van der Waals surface area contributed by atoms with Gasteiger partial charge >= 0.3 is 0 Å². The molecule has 3 rings (SSSR count). The summed E-state index contributed by atoms with van der Waals surface area (Å²) in [5.74, 6) is 2.07. The van der Waals surface area contributed by atoms with Gasteiger partial charge in [-0.1, -0.05) is 24.3 Å². The first-order chi connectivity index (χ1) is 15.0. The van der Waals surface area contributed by atoms with Crippen molar-refractivity contribution in [1.29, 1.82) is 0 Å². The van der Waals surface area contributed by atoms with Crippen molar-refractivity contribution in [3.05, 3.63) is 77.1 Å². The summed E-state index contributed by atoms with van der Waals surface area (Å²) < 4.78 is 18.8. The normalized spacial score (nSPS) is 11.0. The van der Waals surface area contributed by atoms with Crippen molar-refractivity contribution in [3.8, 4) is 17.2 Å². The topological polar surface area (TPSA) is 62.6 Å². The summed E-state index contributed by atoms with van der Waals surface area (Å²) in [6.07, 6.45) is 3.33. The summed E-state index contributed by atoms with van der Waals surface area (Å²) in [6, 6.07) is 15.2. The Morgan fingerprint density at radius 1 is 1.00 bits per heavy atom. The highest BCUT2D eigenvalue weighted by Gasteiger charge is 2.09. The molecule has 0 unspecified atom stereocenters. The second-order valence-corrected chi connectivity index (χ2v) is 7.00. The van der Waals surface area contributed by atoms with E-state index in [0.717, 1.165) is 28.3 Å². The first-order valence-corrected chi connectivity index (χ1v) is 10.3. The summed E-state index contributed by atoms with van der Waals surface area (Å²) in [5.41, 5.74) is 3.24. The van der Waals surface area contributed by atoms with Crippen LogP contribution in [-0.4, -0.2) is 28.8 Å². The van der Waals surface area contributed by atoms with Gasteiger partial charge in [-0.2, -0.15) is 5.10 Å². The first-order valence-electron chi connectivity index (χ1n) is 10.3. The van der Waals surface area contributed by atoms with Crippen LogP contribution in [0.3, 0.4) is 0 Å². The SMILES string of the molecule is CCOc1ccc(COc2cccc(/C=C/C(=O)c3cc(C)nn3C)c2)cc1OCC. The molecule has 31 heavy (non-hydrogen) atoms. The molecule has 0 aliphatic rings. The Morgan fingerprint density at radius 2 is 1.77 bits per heavy atom. The van der Waals surface area contributed by atoms with E-state index in [1.165, 1.54) is 0 Å². The summed E-state index contributed by atoms with van der Waals surface area (Å²) in [7, 11) is 1.76. The van der Waals surface area contributed by atoms with Crippen molar-refractivity contribution in [3.63, 3.8) is 0 Å². The molecule has 0 spiro atoms. The molecule has 2 aromatic carbocycles. The fourth-order valence-electron chi connectivity index (χ4n) is 3.16. The van der Waals surface area contributed by atoms with E-state index in [4.69, 9.17) is 14.2 Å². The number of aryl methyl sites for hydroxylation is 2. The van der Waals surface area contributed by atoms with Crippen molar-refractivity contribution in [1.82, 2.24) is 9.78 Å². The van der Waals surface area contributed by atoms with Crippen LogP contribution in [0, 0.1) is 6.92 Å². The number of ketones is 1. The van der Waals surface area contributed by atoms with Crippen LogP contribution in [0.2, 0.25) is 0 Å². The van der Waals surface area contributed by atoms with Gasteiger partial charge in [-0.05, 0) is 68.3 Å². The molecule has 0 aliphatic heterocycles. The highest BCUT2D eigenvalue weighted by atomic mass is 16.5. The van der Waals surface area contributed by atoms with Gasteiger partial charge in [0.05, 0.1) is 18.9 Å². The number of hydrogen-bond donors (Lipinski definition) is 0. The maximum Gasteiger partial charge on any atom is 0.203 e. The number of benzene rings is 2. The molecule has 6 nitrogen and oxygen atoms in total. The molecule has 0 aliphatic carbocycles. The molecule has 1 heterocycles. The maximum absolute atomic E-state index is 12.4. The molecule has 0 saturated heterocycles. The molecule has 1 aromatic heterocycles. The Hall–Kier alpha value is -3.54. The molecule has 0 bridgehead atoms. The molecule has 0 N–H and O–H groups in total. The van der Waals surface area contributed by atoms with Crippen molar-refractivity contribution in [2.75, 3.05) is 13.2 Å². The van der Waals surface area contributed by atoms with E-state index in [1.54, 1.807) is 29.9 Å². The van der Waals surface area contributed by atoms with Crippen LogP contribution in [0.15, 0.2) is 54.6 Å². The van der Waals surface area contributed by atoms with E-state index in [2.05, 4.69) is 5.10 Å². The largest absolute Gasteiger partial charge is 0.490 e. The number of carbonyl (C=O) groups is 1. The van der Waals surface area contributed by atoms with Crippen LogP contribution >= 0.6 is 0 Å². The number of rotatable bonds is 10. The molecule has 0 radical (unpaired) electrons. The molecule has 3 aromatic rings. The van der Waals surface area contributed by atoms with Crippen molar-refractivity contribution in [2.45, 2.75) is 27.4 Å². The third-order valence-corrected chi connectivity index (χ3v) is 4.55. The van der Waals surface area contributed by atoms with Crippen molar-refractivity contribution >= 4 is 11.9 Å². The predicted octanol–water partition coefficient (Wildman–Crippen LogP) is 5.00. The lowest BCUT2D eigenvalue weighted by atomic mass is 10.1. The number of allylic oxidation sites excluding steroid dienone is 1. The molecule has 0 atom stereocenters. The van der Waals surface area contributed by atoms with Crippen molar-refractivity contribution < 1.29 is 19.0 Å². The Kier molecular flexibility index (Phi) is 7.49. The van der Waals surface area contributed by atoms with E-state index in [-0.39, 0.29) is 5.78 Å². The standard InChI is InChI=1S/C25H28N2O4/c1-5-29-24-13-11-20(16-25(24)30-6-2)17-31-21-9-7-8-19(15-21)10-12-23(28)22-14-18(3)26-27(22)4/h7-16H,5-6,17H2,1-4H3/b12-10+. The van der Waals surface area contributed by atoms with E-state index >= 15 is 0 Å². The fourth-order valence-corrected chi connectivity index (χ4v) is 3.16. The third kappa shape index (κ3) is 5.98. The Labute approximate surface area is 183 Å². The highest BCUT2D eigenvalue weighted by molar-refractivity contribution is 6.05. The fraction of sp³-hybridized carbons (Fsp3) is 0.280. The van der Waals surface area contributed by atoms with Gasteiger partial charge in [-0.25, -0.2) is 0 Å². The van der Waals surface area contributed by atoms with Gasteiger partial charge in [0.15, 0.2) is 11.5 Å². The Balaban J connectivity index is 1.66. The monoisotopic (exact) mass is 420 g/mol. The van der Waals surface area contributed by atoms with E-state index in [9.17, 15) is 4.79 Å². The lowest BCUT2D eigenvalue weighted by molar-refractivity contribution is 0.103. The molecular weight excluding hydrogens is 392 g/mol. The molecular formula is C25H28N2O4. The van der Waals surface area contributed by atoms with E-state index in [1.807, 2.05) is 63.2 Å². The number of nitrogens with zero attached hydrogens (tertiary/aromatic N) is 2. The molecule has 0 amide bonds. The van der Waals surface area contributed by atoms with Gasteiger partial charge in [0, 0.05) is 7.05 Å². The van der Waals surface area contributed by atoms with Crippen LogP contribution in [0.5, 0.6) is 17.2 Å². The minimum absolute atomic E-state index is 0.0905. The highest BCUT2D eigenvalue weighted by Crippen LogP contribution is 2.29. The van der Waals surface area contributed by atoms with Gasteiger partial charge < -0.3 is 14.2 Å².